The summed E-state index contributed by atoms with van der Waals surface area (Å²) >= 11 is 0. The van der Waals surface area contributed by atoms with Gasteiger partial charge >= 0.3 is 5.97 Å². The Morgan fingerprint density at radius 1 is 0.725 bits per heavy atom. The minimum atomic E-state index is -0.968. The summed E-state index contributed by atoms with van der Waals surface area (Å²) in [5, 5.41) is 13.2. The third kappa shape index (κ3) is 5.06. The molecule has 0 fully saturated rings. The van der Waals surface area contributed by atoms with Crippen LogP contribution in [-0.2, 0) is 6.42 Å². The molecule has 0 atom stereocenters. The Labute approximate surface area is 232 Å². The van der Waals surface area contributed by atoms with Gasteiger partial charge in [0.15, 0.2) is 0 Å². The zero-order valence-corrected chi connectivity index (χ0v) is 21.9. The summed E-state index contributed by atoms with van der Waals surface area (Å²) in [5.74, 6) is 6.43. The second-order valence-electron chi connectivity index (χ2n) is 9.60. The lowest BCUT2D eigenvalue weighted by Gasteiger charge is -2.10. The van der Waals surface area contributed by atoms with Gasteiger partial charge in [-0.3, -0.25) is 0 Å². The van der Waals surface area contributed by atoms with Crippen molar-refractivity contribution in [1.82, 2.24) is 4.98 Å². The number of fused-ring (bicyclic) bond motifs is 2. The van der Waals surface area contributed by atoms with E-state index in [0.29, 0.717) is 19.4 Å². The van der Waals surface area contributed by atoms with E-state index in [4.69, 9.17) is 4.74 Å². The van der Waals surface area contributed by atoms with Gasteiger partial charge in [0, 0.05) is 27.5 Å². The Hall–Kier alpha value is -5.27. The highest BCUT2D eigenvalue weighted by atomic mass is 16.5. The summed E-state index contributed by atoms with van der Waals surface area (Å²) in [5.41, 5.74) is 5.53. The molecule has 0 amide bonds. The molecule has 0 unspecified atom stereocenters. The number of aromatic carboxylic acids is 1. The van der Waals surface area contributed by atoms with Gasteiger partial charge in [-0.2, -0.15) is 0 Å². The molecule has 6 rings (SSSR count). The quantitative estimate of drug-likeness (QED) is 0.165. The normalized spacial score (nSPS) is 10.8. The molecule has 5 aromatic carbocycles. The van der Waals surface area contributed by atoms with E-state index in [1.807, 2.05) is 97.1 Å². The number of hydrogen-bond donors (Lipinski definition) is 2. The molecule has 194 valence electrons. The van der Waals surface area contributed by atoms with Crippen LogP contribution >= 0.6 is 0 Å². The summed E-state index contributed by atoms with van der Waals surface area (Å²) < 4.78 is 6.13. The lowest BCUT2D eigenvalue weighted by molar-refractivity contribution is 0.0690. The van der Waals surface area contributed by atoms with E-state index in [1.54, 1.807) is 0 Å². The molecule has 0 aliphatic heterocycles. The van der Waals surface area contributed by atoms with Crippen molar-refractivity contribution in [3.05, 3.63) is 138 Å². The predicted octanol–water partition coefficient (Wildman–Crippen LogP) is 8.10. The summed E-state index contributed by atoms with van der Waals surface area (Å²) in [6.07, 6.45) is 1.26. The minimum Gasteiger partial charge on any atom is -0.493 e. The molecule has 1 aromatic heterocycles. The number of benzene rings is 5. The van der Waals surface area contributed by atoms with Gasteiger partial charge in [0.05, 0.1) is 12.1 Å². The fraction of sp³-hybridized carbons (Fsp3) is 0.0833. The van der Waals surface area contributed by atoms with Crippen LogP contribution in [0.1, 0.15) is 33.6 Å². The van der Waals surface area contributed by atoms with Gasteiger partial charge in [-0.05, 0) is 53.6 Å². The molecular formula is C36H27NO3. The highest BCUT2D eigenvalue weighted by molar-refractivity contribution is 6.03. The number of ether oxygens (including phenoxy) is 1. The van der Waals surface area contributed by atoms with Gasteiger partial charge in [-0.15, -0.1) is 0 Å². The first-order chi connectivity index (χ1) is 19.7. The number of aromatic amines is 1. The number of hydrogen-bond acceptors (Lipinski definition) is 2. The van der Waals surface area contributed by atoms with Crippen LogP contribution in [0.5, 0.6) is 5.75 Å². The molecule has 1 heterocycles. The molecule has 0 saturated carbocycles. The standard InChI is InChI=1S/C36H27NO3/c38-36(39)35-32(20-10-24-40-33-21-8-15-26-13-5-7-17-29(26)33)31-19-9-18-30(34(31)37-35)28-16-6-4-14-27(28)23-22-25-11-2-1-3-12-25/h1-9,11-19,21,37H,10,20,24H2,(H,38,39). The van der Waals surface area contributed by atoms with Crippen LogP contribution < -0.4 is 4.74 Å². The smallest absolute Gasteiger partial charge is 0.352 e. The lowest BCUT2D eigenvalue weighted by Crippen LogP contribution is -2.04. The summed E-state index contributed by atoms with van der Waals surface area (Å²) in [6.45, 7) is 0.483. The molecule has 2 N–H and O–H groups in total. The van der Waals surface area contributed by atoms with E-state index in [0.717, 1.165) is 55.2 Å². The van der Waals surface area contributed by atoms with Crippen LogP contribution in [0.15, 0.2) is 115 Å². The van der Waals surface area contributed by atoms with Gasteiger partial charge < -0.3 is 14.8 Å². The van der Waals surface area contributed by atoms with Gasteiger partial charge in [-0.1, -0.05) is 103 Å². The Morgan fingerprint density at radius 3 is 2.30 bits per heavy atom. The average molecular weight is 522 g/mol. The number of carboxylic acid groups (broad SMARTS) is 1. The molecule has 4 nitrogen and oxygen atoms in total. The third-order valence-electron chi connectivity index (χ3n) is 7.07. The van der Waals surface area contributed by atoms with Crippen molar-refractivity contribution in [2.75, 3.05) is 6.61 Å². The van der Waals surface area contributed by atoms with E-state index >= 15 is 0 Å². The largest absolute Gasteiger partial charge is 0.493 e. The fourth-order valence-electron chi connectivity index (χ4n) is 5.18. The van der Waals surface area contributed by atoms with Crippen LogP contribution in [-0.4, -0.2) is 22.7 Å². The molecule has 0 bridgehead atoms. The summed E-state index contributed by atoms with van der Waals surface area (Å²) in [4.78, 5) is 15.5. The van der Waals surface area contributed by atoms with Crippen molar-refractivity contribution in [2.24, 2.45) is 0 Å². The molecular weight excluding hydrogens is 494 g/mol. The predicted molar refractivity (Wildman–Crippen MR) is 161 cm³/mol. The first kappa shape index (κ1) is 25.0. The van der Waals surface area contributed by atoms with E-state index < -0.39 is 5.97 Å². The second-order valence-corrected chi connectivity index (χ2v) is 9.60. The third-order valence-corrected chi connectivity index (χ3v) is 7.07. The molecule has 0 spiro atoms. The first-order valence-corrected chi connectivity index (χ1v) is 13.3. The van der Waals surface area contributed by atoms with Gasteiger partial charge in [0.25, 0.3) is 0 Å². The molecule has 0 aliphatic carbocycles. The van der Waals surface area contributed by atoms with Crippen molar-refractivity contribution in [3.63, 3.8) is 0 Å². The number of aryl methyl sites for hydroxylation is 1. The highest BCUT2D eigenvalue weighted by Gasteiger charge is 2.19. The topological polar surface area (TPSA) is 62.3 Å². The maximum absolute atomic E-state index is 12.3. The second kappa shape index (κ2) is 11.2. The van der Waals surface area contributed by atoms with Crippen LogP contribution in [0, 0.1) is 11.8 Å². The van der Waals surface area contributed by atoms with Gasteiger partial charge in [0.1, 0.15) is 11.4 Å². The van der Waals surface area contributed by atoms with E-state index in [2.05, 4.69) is 35.0 Å². The van der Waals surface area contributed by atoms with Gasteiger partial charge in [-0.25, -0.2) is 4.79 Å². The number of H-pyrrole nitrogens is 1. The SMILES string of the molecule is O=C(O)c1[nH]c2c(-c3ccccc3C#Cc3ccccc3)cccc2c1CCCOc1cccc2ccccc12. The molecule has 40 heavy (non-hydrogen) atoms. The highest BCUT2D eigenvalue weighted by Crippen LogP contribution is 2.34. The van der Waals surface area contributed by atoms with E-state index in [1.165, 1.54) is 0 Å². The Morgan fingerprint density at radius 2 is 1.43 bits per heavy atom. The van der Waals surface area contributed by atoms with Crippen molar-refractivity contribution in [3.8, 4) is 28.7 Å². The summed E-state index contributed by atoms with van der Waals surface area (Å²) in [6, 6.07) is 38.0. The van der Waals surface area contributed by atoms with Gasteiger partial charge in [0.2, 0.25) is 0 Å². The minimum absolute atomic E-state index is 0.223. The number of carbonyl (C=O) groups is 1. The van der Waals surface area contributed by atoms with Crippen molar-refractivity contribution in [1.29, 1.82) is 0 Å². The van der Waals surface area contributed by atoms with Crippen LogP contribution in [0.4, 0.5) is 0 Å². The molecule has 0 aliphatic rings. The Balaban J connectivity index is 1.30. The number of rotatable bonds is 7. The zero-order valence-electron chi connectivity index (χ0n) is 21.9. The number of carboxylic acids is 1. The summed E-state index contributed by atoms with van der Waals surface area (Å²) in [7, 11) is 0. The van der Waals surface area contributed by atoms with Crippen molar-refractivity contribution >= 4 is 27.6 Å². The molecule has 0 saturated heterocycles. The molecule has 0 radical (unpaired) electrons. The lowest BCUT2D eigenvalue weighted by atomic mass is 9.96. The molecule has 6 aromatic rings. The number of para-hydroxylation sites is 1. The van der Waals surface area contributed by atoms with Crippen molar-refractivity contribution in [2.45, 2.75) is 12.8 Å². The zero-order chi connectivity index (χ0) is 27.3. The number of aromatic nitrogens is 1. The Kier molecular flexibility index (Phi) is 7.03. The number of nitrogens with one attached hydrogen (secondary N) is 1. The maximum Gasteiger partial charge on any atom is 0.352 e. The molecule has 4 heteroatoms. The van der Waals surface area contributed by atoms with Crippen molar-refractivity contribution < 1.29 is 14.6 Å². The van der Waals surface area contributed by atoms with Crippen LogP contribution in [0.3, 0.4) is 0 Å². The van der Waals surface area contributed by atoms with Crippen LogP contribution in [0.25, 0.3) is 32.8 Å². The fourth-order valence-corrected chi connectivity index (χ4v) is 5.18. The monoisotopic (exact) mass is 521 g/mol. The Bertz CT molecular complexity index is 1890. The van der Waals surface area contributed by atoms with Crippen LogP contribution in [0.2, 0.25) is 0 Å². The van der Waals surface area contributed by atoms with E-state index in [-0.39, 0.29) is 5.69 Å². The first-order valence-electron chi connectivity index (χ1n) is 13.3. The van der Waals surface area contributed by atoms with E-state index in [9.17, 15) is 9.90 Å². The maximum atomic E-state index is 12.3. The average Bonchev–Trinajstić information content (AvgIpc) is 3.38.